The van der Waals surface area contributed by atoms with E-state index in [9.17, 15) is 0 Å². The second-order valence-electron chi connectivity index (χ2n) is 3.71. The van der Waals surface area contributed by atoms with E-state index in [-0.39, 0.29) is 0 Å². The van der Waals surface area contributed by atoms with E-state index in [0.717, 1.165) is 25.0 Å². The molecule has 16 heavy (non-hydrogen) atoms. The van der Waals surface area contributed by atoms with Crippen LogP contribution < -0.4 is 0 Å². The Morgan fingerprint density at radius 1 is 1.31 bits per heavy atom. The van der Waals surface area contributed by atoms with Gasteiger partial charge in [-0.25, -0.2) is 0 Å². The van der Waals surface area contributed by atoms with Crippen LogP contribution in [0, 0.1) is 0 Å². The van der Waals surface area contributed by atoms with Crippen molar-refractivity contribution in [1.29, 1.82) is 0 Å². The van der Waals surface area contributed by atoms with E-state index in [2.05, 4.69) is 18.7 Å². The molecule has 0 bridgehead atoms. The molecule has 0 aromatic heterocycles. The molecule has 0 unspecified atom stereocenters. The molecule has 1 heteroatoms. The zero-order chi connectivity index (χ0) is 11.6. The number of unbranched alkanes of at least 4 members (excludes halogenated alkanes) is 1. The van der Waals surface area contributed by atoms with Gasteiger partial charge in [0.15, 0.2) is 0 Å². The first kappa shape index (κ1) is 12.6. The largest absolute Gasteiger partial charge is 0.494 e. The molecule has 0 atom stereocenters. The van der Waals surface area contributed by atoms with Crippen LogP contribution >= 0.6 is 0 Å². The van der Waals surface area contributed by atoms with Crippen molar-refractivity contribution in [1.82, 2.24) is 0 Å². The zero-order valence-corrected chi connectivity index (χ0v) is 9.99. The molecule has 1 nitrogen and oxygen atoms in total. The van der Waals surface area contributed by atoms with Gasteiger partial charge in [0.1, 0.15) is 6.61 Å². The summed E-state index contributed by atoms with van der Waals surface area (Å²) < 4.78 is 5.75. The first-order chi connectivity index (χ1) is 7.86. The number of hydrogen-bond donors (Lipinski definition) is 0. The highest BCUT2D eigenvalue weighted by Gasteiger charge is 1.97. The van der Waals surface area contributed by atoms with Crippen LogP contribution in [0.4, 0.5) is 0 Å². The lowest BCUT2D eigenvalue weighted by Crippen LogP contribution is -1.93. The maximum absolute atomic E-state index is 5.75. The zero-order valence-electron chi connectivity index (χ0n) is 9.99. The Kier molecular flexibility index (Phi) is 6.09. The summed E-state index contributed by atoms with van der Waals surface area (Å²) in [4.78, 5) is 0. The molecule has 0 heterocycles. The third kappa shape index (κ3) is 4.83. The molecule has 0 radical (unpaired) electrons. The van der Waals surface area contributed by atoms with Gasteiger partial charge in [0, 0.05) is 6.42 Å². The Balaban J connectivity index is 2.32. The highest BCUT2D eigenvalue weighted by atomic mass is 16.5. The van der Waals surface area contributed by atoms with Gasteiger partial charge in [0.05, 0.1) is 5.76 Å². The van der Waals surface area contributed by atoms with Crippen molar-refractivity contribution in [2.45, 2.75) is 32.8 Å². The molecule has 0 N–H and O–H groups in total. The lowest BCUT2D eigenvalue weighted by molar-refractivity contribution is 0.187. The van der Waals surface area contributed by atoms with Gasteiger partial charge in [-0.15, -0.1) is 6.58 Å². The number of ether oxygens (including phenoxy) is 1. The summed E-state index contributed by atoms with van der Waals surface area (Å²) in [7, 11) is 0. The van der Waals surface area contributed by atoms with Crippen molar-refractivity contribution < 1.29 is 4.74 Å². The molecular formula is C15H20O. The summed E-state index contributed by atoms with van der Waals surface area (Å²) in [6.07, 6.45) is 7.15. The van der Waals surface area contributed by atoms with Crippen molar-refractivity contribution >= 4 is 0 Å². The molecule has 1 rings (SSSR count). The van der Waals surface area contributed by atoms with Crippen LogP contribution in [0.25, 0.3) is 0 Å². The minimum absolute atomic E-state index is 0.661. The highest BCUT2D eigenvalue weighted by molar-refractivity contribution is 5.13. The summed E-state index contributed by atoms with van der Waals surface area (Å²) in [6, 6.07) is 10.2. The quantitative estimate of drug-likeness (QED) is 0.371. The summed E-state index contributed by atoms with van der Waals surface area (Å²) in [5.74, 6) is 1.07. The van der Waals surface area contributed by atoms with Crippen LogP contribution in [0.1, 0.15) is 31.7 Å². The molecule has 86 valence electrons. The molecule has 0 saturated heterocycles. The number of benzene rings is 1. The number of hydrogen-bond acceptors (Lipinski definition) is 1. The van der Waals surface area contributed by atoms with Gasteiger partial charge in [-0.3, -0.25) is 0 Å². The van der Waals surface area contributed by atoms with Gasteiger partial charge in [0.25, 0.3) is 0 Å². The Labute approximate surface area is 98.5 Å². The summed E-state index contributed by atoms with van der Waals surface area (Å²) in [5.41, 5.74) is 1.21. The third-order valence-electron chi connectivity index (χ3n) is 2.42. The molecule has 0 saturated carbocycles. The molecule has 0 amide bonds. The number of allylic oxidation sites excluding steroid dienone is 3. The Bertz CT molecular complexity index is 325. The third-order valence-corrected chi connectivity index (χ3v) is 2.42. The molecule has 1 aromatic carbocycles. The predicted molar refractivity (Wildman–Crippen MR) is 69.0 cm³/mol. The van der Waals surface area contributed by atoms with E-state index in [1.807, 2.05) is 37.3 Å². The summed E-state index contributed by atoms with van der Waals surface area (Å²) >= 11 is 0. The van der Waals surface area contributed by atoms with Crippen LogP contribution in [-0.2, 0) is 11.3 Å². The Morgan fingerprint density at radius 3 is 2.69 bits per heavy atom. The smallest absolute Gasteiger partial charge is 0.113 e. The second-order valence-corrected chi connectivity index (χ2v) is 3.71. The van der Waals surface area contributed by atoms with Crippen LogP contribution in [0.3, 0.4) is 0 Å². The van der Waals surface area contributed by atoms with Crippen molar-refractivity contribution in [2.75, 3.05) is 0 Å². The van der Waals surface area contributed by atoms with E-state index in [1.54, 1.807) is 0 Å². The lowest BCUT2D eigenvalue weighted by atomic mass is 10.2. The van der Waals surface area contributed by atoms with Gasteiger partial charge < -0.3 is 4.74 Å². The molecule has 0 spiro atoms. The molecule has 1 aromatic rings. The molecule has 0 aliphatic rings. The Hall–Kier alpha value is -1.50. The molecule has 0 aliphatic carbocycles. The van der Waals surface area contributed by atoms with Crippen molar-refractivity contribution in [3.8, 4) is 0 Å². The summed E-state index contributed by atoms with van der Waals surface area (Å²) in [5, 5.41) is 0. The maximum atomic E-state index is 5.75. The first-order valence-corrected chi connectivity index (χ1v) is 5.79. The average molecular weight is 216 g/mol. The van der Waals surface area contributed by atoms with Crippen molar-refractivity contribution in [2.24, 2.45) is 0 Å². The second kappa shape index (κ2) is 7.75. The van der Waals surface area contributed by atoms with E-state index in [0.29, 0.717) is 6.61 Å². The van der Waals surface area contributed by atoms with Crippen LogP contribution in [0.5, 0.6) is 0 Å². The fourth-order valence-corrected chi connectivity index (χ4v) is 1.47. The average Bonchev–Trinajstić information content (AvgIpc) is 2.35. The standard InChI is InChI=1S/C15H20O/c1-3-5-7-12-15(4-2)16-13-14-10-8-6-9-11-14/h3-4,6,8-11H,1,5,7,12-13H2,2H3/b15-4+. The molecule has 0 aliphatic heterocycles. The van der Waals surface area contributed by atoms with Gasteiger partial charge in [-0.1, -0.05) is 36.4 Å². The van der Waals surface area contributed by atoms with Crippen molar-refractivity contribution in [3.63, 3.8) is 0 Å². The SMILES string of the molecule is C=CCCC/C(=C\C)OCc1ccccc1. The fraction of sp³-hybridized carbons (Fsp3) is 0.333. The van der Waals surface area contributed by atoms with Gasteiger partial charge in [-0.2, -0.15) is 0 Å². The predicted octanol–water partition coefficient (Wildman–Crippen LogP) is 4.46. The number of rotatable bonds is 7. The van der Waals surface area contributed by atoms with Crippen molar-refractivity contribution in [3.05, 3.63) is 60.4 Å². The van der Waals surface area contributed by atoms with E-state index >= 15 is 0 Å². The first-order valence-electron chi connectivity index (χ1n) is 5.79. The highest BCUT2D eigenvalue weighted by Crippen LogP contribution is 2.12. The van der Waals surface area contributed by atoms with E-state index in [1.165, 1.54) is 5.56 Å². The molecule has 0 fully saturated rings. The monoisotopic (exact) mass is 216 g/mol. The van der Waals surface area contributed by atoms with Gasteiger partial charge >= 0.3 is 0 Å². The van der Waals surface area contributed by atoms with Gasteiger partial charge in [-0.05, 0) is 31.4 Å². The minimum atomic E-state index is 0.661. The van der Waals surface area contributed by atoms with Crippen LogP contribution in [0.15, 0.2) is 54.8 Å². The van der Waals surface area contributed by atoms with E-state index in [4.69, 9.17) is 4.74 Å². The van der Waals surface area contributed by atoms with Crippen LogP contribution in [-0.4, -0.2) is 0 Å². The summed E-state index contributed by atoms with van der Waals surface area (Å²) in [6.45, 7) is 6.40. The lowest BCUT2D eigenvalue weighted by Gasteiger charge is -2.09. The Morgan fingerprint density at radius 2 is 2.06 bits per heavy atom. The minimum Gasteiger partial charge on any atom is -0.494 e. The van der Waals surface area contributed by atoms with E-state index < -0.39 is 0 Å². The molecular weight excluding hydrogens is 196 g/mol. The van der Waals surface area contributed by atoms with Crippen LogP contribution in [0.2, 0.25) is 0 Å². The normalized spacial score (nSPS) is 11.2. The topological polar surface area (TPSA) is 9.23 Å². The fourth-order valence-electron chi connectivity index (χ4n) is 1.47. The maximum Gasteiger partial charge on any atom is 0.113 e. The van der Waals surface area contributed by atoms with Gasteiger partial charge in [0.2, 0.25) is 0 Å².